The van der Waals surface area contributed by atoms with Gasteiger partial charge in [-0.2, -0.15) is 5.26 Å². The first-order chi connectivity index (χ1) is 18.9. The second-order valence-corrected chi connectivity index (χ2v) is 9.28. The molecule has 0 aliphatic carbocycles. The van der Waals surface area contributed by atoms with Crippen LogP contribution in [0.2, 0.25) is 0 Å². The number of rotatable bonds is 4. The number of ether oxygens (including phenoxy) is 1. The molecule has 10 nitrogen and oxygen atoms in total. The van der Waals surface area contributed by atoms with Crippen LogP contribution in [-0.4, -0.2) is 32.8 Å². The summed E-state index contributed by atoms with van der Waals surface area (Å²) >= 11 is 0. The van der Waals surface area contributed by atoms with Crippen LogP contribution in [0.1, 0.15) is 51.5 Å². The monoisotopic (exact) mass is 520 g/mol. The van der Waals surface area contributed by atoms with Gasteiger partial charge in [-0.15, -0.1) is 0 Å². The van der Waals surface area contributed by atoms with Crippen LogP contribution < -0.4 is 5.56 Å². The lowest BCUT2D eigenvalue weighted by molar-refractivity contribution is -0.172. The summed E-state index contributed by atoms with van der Waals surface area (Å²) in [5.41, 5.74) is 1.69. The number of oxime groups is 1. The maximum Gasteiger partial charge on any atom is 0.365 e. The molecule has 0 saturated heterocycles. The van der Waals surface area contributed by atoms with Crippen LogP contribution >= 0.6 is 0 Å². The summed E-state index contributed by atoms with van der Waals surface area (Å²) in [5.74, 6) is -1.48. The van der Waals surface area contributed by atoms with E-state index in [0.717, 1.165) is 5.39 Å². The predicted molar refractivity (Wildman–Crippen MR) is 139 cm³/mol. The molecule has 2 aromatic heterocycles. The van der Waals surface area contributed by atoms with Gasteiger partial charge in [0.25, 0.3) is 5.56 Å². The smallest absolute Gasteiger partial charge is 0.365 e. The molecule has 6 rings (SSSR count). The lowest BCUT2D eigenvalue weighted by Gasteiger charge is -2.31. The van der Waals surface area contributed by atoms with Gasteiger partial charge < -0.3 is 19.2 Å². The van der Waals surface area contributed by atoms with E-state index in [1.54, 1.807) is 13.0 Å². The maximum absolute atomic E-state index is 13.5. The van der Waals surface area contributed by atoms with Gasteiger partial charge in [0, 0.05) is 22.1 Å². The van der Waals surface area contributed by atoms with Crippen molar-refractivity contribution in [2.24, 2.45) is 5.16 Å². The van der Waals surface area contributed by atoms with E-state index in [0.29, 0.717) is 33.6 Å². The number of nitriles is 1. The van der Waals surface area contributed by atoms with Gasteiger partial charge in [0.1, 0.15) is 6.61 Å². The average molecular weight is 521 g/mol. The number of cyclic esters (lactones) is 1. The molecule has 4 heterocycles. The van der Waals surface area contributed by atoms with Crippen LogP contribution in [0.4, 0.5) is 0 Å². The molecule has 10 heteroatoms. The quantitative estimate of drug-likeness (QED) is 0.165. The number of para-hydroxylation sites is 1. The van der Waals surface area contributed by atoms with E-state index in [1.807, 2.05) is 30.3 Å². The van der Waals surface area contributed by atoms with Gasteiger partial charge in [0.05, 0.1) is 52.4 Å². The Morgan fingerprint density at radius 2 is 2.00 bits per heavy atom. The highest BCUT2D eigenvalue weighted by Crippen LogP contribution is 2.39. The lowest BCUT2D eigenvalue weighted by Crippen LogP contribution is -2.44. The Bertz CT molecular complexity index is 1830. The predicted octanol–water partition coefficient (Wildman–Crippen LogP) is 3.14. The van der Waals surface area contributed by atoms with E-state index in [2.05, 4.69) is 5.16 Å². The Morgan fingerprint density at radius 3 is 2.74 bits per heavy atom. The maximum atomic E-state index is 13.5. The van der Waals surface area contributed by atoms with E-state index in [4.69, 9.17) is 19.8 Å². The van der Waals surface area contributed by atoms with Crippen molar-refractivity contribution in [3.05, 3.63) is 98.3 Å². The number of carbonyl (C=O) groups is 2. The lowest BCUT2D eigenvalue weighted by atomic mass is 9.86. The number of nitrogens with zero attached hydrogens (tertiary/aromatic N) is 4. The first kappa shape index (κ1) is 24.2. The molecule has 0 amide bonds. The summed E-state index contributed by atoms with van der Waals surface area (Å²) in [6, 6.07) is 16.9. The number of aliphatic hydroxyl groups is 1. The number of aromatic nitrogens is 2. The third-order valence-electron chi connectivity index (χ3n) is 7.21. The molecule has 0 spiro atoms. The number of pyridine rings is 2. The molecule has 2 aliphatic heterocycles. The third-order valence-corrected chi connectivity index (χ3v) is 7.21. The van der Waals surface area contributed by atoms with Crippen molar-refractivity contribution in [1.82, 2.24) is 9.55 Å². The SMILES string of the molecule is CC[C@@]1(O)C(=O)OCc2c1cc1n(c2=O)Cc2c-1nc1ccccc1c2C=NOC(=O)c1ccc(C#N)cc1. The van der Waals surface area contributed by atoms with Crippen LogP contribution in [0.25, 0.3) is 22.3 Å². The molecular weight excluding hydrogens is 500 g/mol. The summed E-state index contributed by atoms with van der Waals surface area (Å²) in [7, 11) is 0. The fourth-order valence-electron chi connectivity index (χ4n) is 5.07. The van der Waals surface area contributed by atoms with Crippen molar-refractivity contribution in [3.63, 3.8) is 0 Å². The Labute approximate surface area is 221 Å². The average Bonchev–Trinajstić information content (AvgIpc) is 3.33. The second-order valence-electron chi connectivity index (χ2n) is 9.28. The van der Waals surface area contributed by atoms with Crippen LogP contribution in [0.3, 0.4) is 0 Å². The zero-order chi connectivity index (χ0) is 27.3. The summed E-state index contributed by atoms with van der Waals surface area (Å²) in [4.78, 5) is 48.3. The van der Waals surface area contributed by atoms with Gasteiger partial charge in [-0.1, -0.05) is 30.3 Å². The zero-order valence-electron chi connectivity index (χ0n) is 20.7. The normalized spacial score (nSPS) is 17.3. The van der Waals surface area contributed by atoms with Crippen LogP contribution in [0, 0.1) is 11.3 Å². The van der Waals surface area contributed by atoms with E-state index in [1.165, 1.54) is 35.0 Å². The fraction of sp³-hybridized carbons (Fsp3) is 0.172. The van der Waals surface area contributed by atoms with Gasteiger partial charge in [-0.05, 0) is 42.8 Å². The Morgan fingerprint density at radius 1 is 1.23 bits per heavy atom. The zero-order valence-corrected chi connectivity index (χ0v) is 20.7. The standard InChI is InChI=1S/C29H20N4O6/c1-2-29(37)22-11-24-25-20(14-33(24)26(34)21(22)15-38-28(29)36)19(18-5-3-4-6-23(18)32-25)13-31-39-27(35)17-9-7-16(12-30)8-10-17/h3-11,13,37H,2,14-15H2,1H3/t29-/m0/s1. The molecule has 0 radical (unpaired) electrons. The van der Waals surface area contributed by atoms with E-state index in [-0.39, 0.29) is 41.8 Å². The van der Waals surface area contributed by atoms with Crippen molar-refractivity contribution >= 4 is 29.1 Å². The molecule has 1 N–H and O–H groups in total. The highest BCUT2D eigenvalue weighted by atomic mass is 16.7. The van der Waals surface area contributed by atoms with Gasteiger partial charge in [0.15, 0.2) is 5.60 Å². The molecular formula is C29H20N4O6. The summed E-state index contributed by atoms with van der Waals surface area (Å²) in [6.07, 6.45) is 1.46. The van der Waals surface area contributed by atoms with E-state index < -0.39 is 17.5 Å². The summed E-state index contributed by atoms with van der Waals surface area (Å²) in [6.45, 7) is 1.59. The van der Waals surface area contributed by atoms with Gasteiger partial charge in [-0.25, -0.2) is 14.6 Å². The second kappa shape index (κ2) is 9.01. The molecule has 39 heavy (non-hydrogen) atoms. The minimum Gasteiger partial charge on any atom is -0.458 e. The third kappa shape index (κ3) is 3.71. The van der Waals surface area contributed by atoms with Crippen LogP contribution in [0.5, 0.6) is 0 Å². The number of hydrogen-bond acceptors (Lipinski definition) is 9. The molecule has 2 aromatic carbocycles. The van der Waals surface area contributed by atoms with E-state index >= 15 is 0 Å². The largest absolute Gasteiger partial charge is 0.458 e. The Balaban J connectivity index is 1.44. The molecule has 4 aromatic rings. The molecule has 0 saturated carbocycles. The fourth-order valence-corrected chi connectivity index (χ4v) is 5.07. The van der Waals surface area contributed by atoms with Crippen molar-refractivity contribution in [1.29, 1.82) is 5.26 Å². The van der Waals surface area contributed by atoms with Crippen LogP contribution in [0.15, 0.2) is 64.5 Å². The number of carbonyl (C=O) groups excluding carboxylic acids is 2. The topological polar surface area (TPSA) is 144 Å². The Hall–Kier alpha value is -5.14. The summed E-state index contributed by atoms with van der Waals surface area (Å²) in [5, 5.41) is 24.7. The first-order valence-corrected chi connectivity index (χ1v) is 12.2. The molecule has 0 fully saturated rings. The highest BCUT2D eigenvalue weighted by Gasteiger charge is 2.45. The molecule has 2 aliphatic rings. The molecule has 0 unspecified atom stereocenters. The van der Waals surface area contributed by atoms with E-state index in [9.17, 15) is 19.5 Å². The number of hydrogen-bond donors (Lipinski definition) is 1. The molecule has 1 atom stereocenters. The van der Waals surface area contributed by atoms with Gasteiger partial charge in [0.2, 0.25) is 0 Å². The number of esters is 1. The summed E-state index contributed by atoms with van der Waals surface area (Å²) < 4.78 is 6.67. The molecule has 192 valence electrons. The Kier molecular flexibility index (Phi) is 5.59. The van der Waals surface area contributed by atoms with Crippen molar-refractivity contribution in [3.8, 4) is 17.5 Å². The minimum atomic E-state index is -1.92. The van der Waals surface area contributed by atoms with Crippen molar-refractivity contribution in [2.45, 2.75) is 32.1 Å². The van der Waals surface area contributed by atoms with Gasteiger partial charge in [-0.3, -0.25) is 4.79 Å². The molecule has 0 bridgehead atoms. The number of benzene rings is 2. The van der Waals surface area contributed by atoms with Crippen molar-refractivity contribution < 1.29 is 24.3 Å². The van der Waals surface area contributed by atoms with Crippen molar-refractivity contribution in [2.75, 3.05) is 0 Å². The van der Waals surface area contributed by atoms with Gasteiger partial charge >= 0.3 is 11.9 Å². The number of fused-ring (bicyclic) bond motifs is 5. The minimum absolute atomic E-state index is 0.0439. The first-order valence-electron chi connectivity index (χ1n) is 12.2. The highest BCUT2D eigenvalue weighted by molar-refractivity contribution is 6.02. The van der Waals surface area contributed by atoms with Crippen LogP contribution in [-0.2, 0) is 33.1 Å².